The highest BCUT2D eigenvalue weighted by atomic mass is 35.5. The number of aliphatic hydroxyl groups is 1. The molecule has 4 aliphatic heterocycles. The first-order chi connectivity index (χ1) is 20.5. The number of halogens is 2. The van der Waals surface area contributed by atoms with E-state index < -0.39 is 31.6 Å². The number of benzene rings is 2. The summed E-state index contributed by atoms with van der Waals surface area (Å²) in [5, 5.41) is 10.2. The molecule has 0 unspecified atom stereocenters. The highest BCUT2D eigenvalue weighted by molar-refractivity contribution is 6.72. The van der Waals surface area contributed by atoms with Gasteiger partial charge in [0.25, 0.3) is 5.91 Å². The van der Waals surface area contributed by atoms with Gasteiger partial charge in [-0.05, 0) is 61.8 Å². The fraction of sp³-hybridized carbons (Fsp3) is 0.516. The van der Waals surface area contributed by atoms with Crippen molar-refractivity contribution in [3.05, 3.63) is 58.6 Å². The number of hydrogen-bond acceptors (Lipinski definition) is 6. The first-order valence-electron chi connectivity index (χ1n) is 14.9. The standard InChI is InChI=1S/C31H37ClFN3O6Si/c1-19-28(43(2,3)33)26(16-27(38)34-12-4-5-23(34)18-37)42-31(19)24-15-21(32)8-11-25(24)36(29(31)39)17-20-6-9-22(10-7-20)35-13-14-41-30(35)40/h6-11,15,19,23,26,28,37H,4-5,12-14,16-18H2,1-3H3/t19-,23-,26+,28-,31+/m0/s1. The van der Waals surface area contributed by atoms with Crippen LogP contribution in [0.1, 0.15) is 37.3 Å². The molecule has 5 atom stereocenters. The minimum Gasteiger partial charge on any atom is -0.447 e. The molecule has 0 saturated carbocycles. The van der Waals surface area contributed by atoms with Gasteiger partial charge in [0.05, 0.1) is 44.0 Å². The van der Waals surface area contributed by atoms with Crippen molar-refractivity contribution in [2.75, 3.05) is 36.1 Å². The highest BCUT2D eigenvalue weighted by Crippen LogP contribution is 2.60. The van der Waals surface area contributed by atoms with Gasteiger partial charge in [-0.2, -0.15) is 0 Å². The molecule has 2 aromatic rings. The van der Waals surface area contributed by atoms with Gasteiger partial charge in [-0.15, -0.1) is 0 Å². The Labute approximate surface area is 256 Å². The van der Waals surface area contributed by atoms with Gasteiger partial charge in [-0.25, -0.2) is 4.79 Å². The number of fused-ring (bicyclic) bond motifs is 2. The summed E-state index contributed by atoms with van der Waals surface area (Å²) >= 11 is 6.47. The molecule has 0 aromatic heterocycles. The van der Waals surface area contributed by atoms with Crippen LogP contribution >= 0.6 is 11.6 Å². The number of carbonyl (C=O) groups is 3. The molecule has 0 bridgehead atoms. The van der Waals surface area contributed by atoms with E-state index in [0.29, 0.717) is 41.7 Å². The second kappa shape index (κ2) is 11.2. The lowest BCUT2D eigenvalue weighted by atomic mass is 9.82. The maximum Gasteiger partial charge on any atom is 0.414 e. The van der Waals surface area contributed by atoms with E-state index in [0.717, 1.165) is 18.4 Å². The Morgan fingerprint density at radius 3 is 2.56 bits per heavy atom. The zero-order chi connectivity index (χ0) is 30.7. The Kier molecular flexibility index (Phi) is 7.81. The van der Waals surface area contributed by atoms with Gasteiger partial charge in [0.2, 0.25) is 14.3 Å². The van der Waals surface area contributed by atoms with Crippen LogP contribution < -0.4 is 9.80 Å². The van der Waals surface area contributed by atoms with Crippen LogP contribution in [0.4, 0.5) is 20.3 Å². The van der Waals surface area contributed by atoms with Crippen LogP contribution in [0.15, 0.2) is 42.5 Å². The van der Waals surface area contributed by atoms with Gasteiger partial charge in [-0.1, -0.05) is 30.7 Å². The van der Waals surface area contributed by atoms with Gasteiger partial charge >= 0.3 is 6.09 Å². The van der Waals surface area contributed by atoms with Crippen LogP contribution in [0, 0.1) is 5.92 Å². The van der Waals surface area contributed by atoms with E-state index in [-0.39, 0.29) is 43.5 Å². The monoisotopic (exact) mass is 629 g/mol. The number of hydrogen-bond donors (Lipinski definition) is 1. The van der Waals surface area contributed by atoms with E-state index in [1.165, 1.54) is 0 Å². The molecule has 3 amide bonds. The van der Waals surface area contributed by atoms with Crippen LogP contribution in [-0.4, -0.2) is 74.8 Å². The molecule has 4 heterocycles. The first-order valence-corrected chi connectivity index (χ1v) is 18.2. The molecule has 12 heteroatoms. The van der Waals surface area contributed by atoms with Crippen molar-refractivity contribution in [2.24, 2.45) is 5.92 Å². The van der Waals surface area contributed by atoms with E-state index >= 15 is 4.11 Å². The maximum absolute atomic E-state index is 16.1. The van der Waals surface area contributed by atoms with Crippen LogP contribution in [0.3, 0.4) is 0 Å². The van der Waals surface area contributed by atoms with Crippen LogP contribution in [-0.2, 0) is 31.2 Å². The highest BCUT2D eigenvalue weighted by Gasteiger charge is 2.67. The lowest BCUT2D eigenvalue weighted by molar-refractivity contribution is -0.150. The Bertz CT molecular complexity index is 1440. The van der Waals surface area contributed by atoms with E-state index in [9.17, 15) is 19.5 Å². The van der Waals surface area contributed by atoms with Gasteiger partial charge < -0.3 is 28.5 Å². The predicted molar refractivity (Wildman–Crippen MR) is 162 cm³/mol. The minimum absolute atomic E-state index is 0.0584. The Balaban J connectivity index is 1.32. The summed E-state index contributed by atoms with van der Waals surface area (Å²) in [6.07, 6.45) is 0.281. The minimum atomic E-state index is -3.45. The normalized spacial score (nSPS) is 28.7. The molecule has 0 aliphatic carbocycles. The van der Waals surface area contributed by atoms with Crippen LogP contribution in [0.5, 0.6) is 0 Å². The fourth-order valence-corrected chi connectivity index (χ4v) is 10.3. The van der Waals surface area contributed by atoms with Crippen molar-refractivity contribution in [1.29, 1.82) is 0 Å². The molecule has 3 saturated heterocycles. The van der Waals surface area contributed by atoms with E-state index in [4.69, 9.17) is 21.1 Å². The lowest BCUT2D eigenvalue weighted by Crippen LogP contribution is -2.45. The molecule has 230 valence electrons. The van der Waals surface area contributed by atoms with Crippen LogP contribution in [0.2, 0.25) is 23.7 Å². The molecule has 0 radical (unpaired) electrons. The number of aliphatic hydroxyl groups excluding tert-OH is 1. The molecule has 1 N–H and O–H groups in total. The summed E-state index contributed by atoms with van der Waals surface area (Å²) in [5.41, 5.74) is 0.649. The molecule has 3 fully saturated rings. The van der Waals surface area contributed by atoms with Gasteiger partial charge in [-0.3, -0.25) is 14.5 Å². The summed E-state index contributed by atoms with van der Waals surface area (Å²) in [5.74, 6) is -1.05. The summed E-state index contributed by atoms with van der Waals surface area (Å²) in [6, 6.07) is 12.4. The van der Waals surface area contributed by atoms with E-state index in [1.54, 1.807) is 46.0 Å². The van der Waals surface area contributed by atoms with Crippen LogP contribution in [0.25, 0.3) is 0 Å². The van der Waals surface area contributed by atoms with Crippen molar-refractivity contribution in [3.63, 3.8) is 0 Å². The molecule has 9 nitrogen and oxygen atoms in total. The topological polar surface area (TPSA) is 99.6 Å². The average molecular weight is 630 g/mol. The number of anilines is 2. The third-order valence-corrected chi connectivity index (χ3v) is 12.2. The van der Waals surface area contributed by atoms with Crippen molar-refractivity contribution in [2.45, 2.75) is 69.1 Å². The Hall–Kier alpha value is -2.99. The molecular formula is C31H37ClFN3O6Si. The zero-order valence-electron chi connectivity index (χ0n) is 24.6. The molecule has 43 heavy (non-hydrogen) atoms. The molecule has 6 rings (SSSR count). The van der Waals surface area contributed by atoms with Gasteiger partial charge in [0.1, 0.15) is 6.61 Å². The summed E-state index contributed by atoms with van der Waals surface area (Å²) in [4.78, 5) is 44.9. The maximum atomic E-state index is 16.1. The Morgan fingerprint density at radius 2 is 1.91 bits per heavy atom. The predicted octanol–water partition coefficient (Wildman–Crippen LogP) is 4.99. The summed E-state index contributed by atoms with van der Waals surface area (Å²) < 4.78 is 27.9. The fourth-order valence-electron chi connectivity index (χ4n) is 7.61. The van der Waals surface area contributed by atoms with Crippen molar-refractivity contribution in [3.8, 4) is 0 Å². The quantitative estimate of drug-likeness (QED) is 0.342. The van der Waals surface area contributed by atoms with Crippen molar-refractivity contribution < 1.29 is 33.1 Å². The summed E-state index contributed by atoms with van der Waals surface area (Å²) in [6.45, 7) is 6.54. The van der Waals surface area contributed by atoms with Gasteiger partial charge in [0.15, 0.2) is 5.60 Å². The third-order valence-electron chi connectivity index (χ3n) is 9.56. The van der Waals surface area contributed by atoms with Crippen molar-refractivity contribution >= 4 is 49.3 Å². The molecule has 4 aliphatic rings. The first kappa shape index (κ1) is 30.1. The molecule has 2 aromatic carbocycles. The average Bonchev–Trinajstić information content (AvgIpc) is 3.72. The number of nitrogens with zero attached hydrogens (tertiary/aromatic N) is 3. The smallest absolute Gasteiger partial charge is 0.414 e. The van der Waals surface area contributed by atoms with E-state index in [2.05, 4.69) is 0 Å². The number of ether oxygens (including phenoxy) is 2. The lowest BCUT2D eigenvalue weighted by Gasteiger charge is -2.31. The molecule has 1 spiro atoms. The van der Waals surface area contributed by atoms with E-state index in [1.807, 2.05) is 31.2 Å². The largest absolute Gasteiger partial charge is 0.447 e. The summed E-state index contributed by atoms with van der Waals surface area (Å²) in [7, 11) is -3.45. The number of likely N-dealkylation sites (tertiary alicyclic amines) is 1. The number of rotatable bonds is 7. The second-order valence-corrected chi connectivity index (χ2v) is 16.8. The Morgan fingerprint density at radius 1 is 1.16 bits per heavy atom. The number of carbonyl (C=O) groups excluding carboxylic acids is 3. The third kappa shape index (κ3) is 5.03. The number of cyclic esters (lactones) is 1. The van der Waals surface area contributed by atoms with Crippen molar-refractivity contribution in [1.82, 2.24) is 4.90 Å². The molecular weight excluding hydrogens is 593 g/mol. The van der Waals surface area contributed by atoms with Gasteiger partial charge in [0, 0.05) is 34.3 Å². The second-order valence-electron chi connectivity index (χ2n) is 12.5. The zero-order valence-corrected chi connectivity index (χ0v) is 26.3. The number of amides is 3. The SMILES string of the molecule is C[C@H]1[C@H]([Si](C)(C)F)[C@@H](CC(=O)N2CCC[C@H]2CO)O[C@]12C(=O)N(Cc1ccc(N3CCOC3=O)cc1)c1ccc(Cl)cc12.